The van der Waals surface area contributed by atoms with Gasteiger partial charge in [-0.25, -0.2) is 0 Å². The van der Waals surface area contributed by atoms with Gasteiger partial charge in [-0.1, -0.05) is 64.1 Å². The Morgan fingerprint density at radius 1 is 0.730 bits per heavy atom. The van der Waals surface area contributed by atoms with Gasteiger partial charge in [-0.15, -0.1) is 0 Å². The van der Waals surface area contributed by atoms with Gasteiger partial charge in [0.1, 0.15) is 48.0 Å². The first-order valence-corrected chi connectivity index (χ1v) is 26.0. The van der Waals surface area contributed by atoms with E-state index in [0.717, 1.165) is 21.6 Å². The summed E-state index contributed by atoms with van der Waals surface area (Å²) in [6.07, 6.45) is -1.34. The Hall–Kier alpha value is -7.62. The van der Waals surface area contributed by atoms with Crippen LogP contribution in [0.1, 0.15) is 62.5 Å². The third kappa shape index (κ3) is 20.1. The van der Waals surface area contributed by atoms with Crippen LogP contribution in [0.5, 0.6) is 5.75 Å². The summed E-state index contributed by atoms with van der Waals surface area (Å²) in [7, 11) is 2.19. The van der Waals surface area contributed by atoms with Crippen molar-refractivity contribution in [3.63, 3.8) is 0 Å². The second kappa shape index (κ2) is 29.8. The molecular weight excluding hydrogens is 1000 g/mol. The molecule has 0 aliphatic carbocycles. The minimum Gasteiger partial charge on any atom is -0.508 e. The number of nitrogens with one attached hydrogen (secondary N) is 7. The van der Waals surface area contributed by atoms with Gasteiger partial charge in [0.2, 0.25) is 65.0 Å². The first-order chi connectivity index (χ1) is 35.2. The summed E-state index contributed by atoms with van der Waals surface area (Å²) in [4.78, 5) is 153. The van der Waals surface area contributed by atoms with Crippen molar-refractivity contribution >= 4 is 92.5 Å². The molecule has 2 aromatic rings. The normalized spacial score (nSPS) is 21.7. The second-order valence-electron chi connectivity index (χ2n) is 17.3. The number of phenols is 1. The molecule has 0 aromatic heterocycles. The molecule has 0 saturated carbocycles. The number of primary amides is 3. The van der Waals surface area contributed by atoms with Crippen LogP contribution in [0.3, 0.4) is 0 Å². The molecular formula is C46H64N14O12S2. The number of likely N-dealkylation sites (tertiary alicyclic amines) is 1. The van der Waals surface area contributed by atoms with Gasteiger partial charge in [0.05, 0.1) is 13.0 Å². The maximum absolute atomic E-state index is 14.6. The molecule has 26 nitrogen and oxygen atoms in total. The Morgan fingerprint density at radius 3 is 1.97 bits per heavy atom. The van der Waals surface area contributed by atoms with E-state index in [1.165, 1.54) is 17.0 Å². The lowest BCUT2D eigenvalue weighted by atomic mass is 10.0. The number of nitrogens with two attached hydrogens (primary N) is 5. The molecule has 3 unspecified atom stereocenters. The molecule has 2 aliphatic rings. The van der Waals surface area contributed by atoms with Crippen LogP contribution in [0.25, 0.3) is 0 Å². The number of amides is 11. The molecule has 18 N–H and O–H groups in total. The fraction of sp³-hybridized carbons (Fsp3) is 0.478. The standard InChI is InChI=1S/C46H64N14O12S2/c47-35(62)15-14-29-40(67)58-32(22-36(48)63)43(70)59-33(45(72)60-18-5-9-34(60)44(71)56-28(8-4-17-52-46(50)51)39(66)53-23-37(49)64)24-74-73-19-16-38(65)54-30(21-26-10-12-27(61)13-11-26)41(68)57-31(42(69)55-29)20-25-6-2-1-3-7-25/h1-3,6-7,10-13,28-34,61H,4-5,8-9,14-24H2,(H2,47,62)(H2,48,63)(H2,49,64)(H,53,66)(H,54,65)(H,55,69)(H,56,71)(H,57,68)(H,58,67)(H,59,70)(H4,50,51,52)/t28?,29?,30-,31?,32-,33-,34-/m0/s1. The van der Waals surface area contributed by atoms with Gasteiger partial charge in [0.15, 0.2) is 5.96 Å². The van der Waals surface area contributed by atoms with E-state index < -0.39 is 133 Å². The van der Waals surface area contributed by atoms with Crippen LogP contribution in [0, 0.1) is 0 Å². The minimum absolute atomic E-state index is 0.0128. The van der Waals surface area contributed by atoms with Crippen LogP contribution in [0.2, 0.25) is 0 Å². The summed E-state index contributed by atoms with van der Waals surface area (Å²) >= 11 is 0. The van der Waals surface area contributed by atoms with E-state index in [1.807, 2.05) is 0 Å². The first-order valence-electron chi connectivity index (χ1n) is 23.6. The third-order valence-electron chi connectivity index (χ3n) is 11.5. The van der Waals surface area contributed by atoms with Crippen molar-refractivity contribution in [3.8, 4) is 5.75 Å². The van der Waals surface area contributed by atoms with Crippen molar-refractivity contribution in [3.05, 3.63) is 65.7 Å². The van der Waals surface area contributed by atoms with Crippen LogP contribution < -0.4 is 65.9 Å². The zero-order valence-corrected chi connectivity index (χ0v) is 42.0. The van der Waals surface area contributed by atoms with Gasteiger partial charge in [-0.2, -0.15) is 0 Å². The van der Waals surface area contributed by atoms with E-state index in [0.29, 0.717) is 17.5 Å². The first kappa shape index (κ1) is 58.9. The van der Waals surface area contributed by atoms with Gasteiger partial charge in [0, 0.05) is 50.3 Å². The maximum atomic E-state index is 14.6. The van der Waals surface area contributed by atoms with Crippen LogP contribution in [-0.2, 0) is 65.6 Å². The summed E-state index contributed by atoms with van der Waals surface area (Å²) in [5, 5.41) is 27.8. The summed E-state index contributed by atoms with van der Waals surface area (Å²) in [5.41, 5.74) is 28.1. The largest absolute Gasteiger partial charge is 0.508 e. The van der Waals surface area contributed by atoms with Crippen molar-refractivity contribution in [1.82, 2.24) is 42.1 Å². The number of aliphatic imine (C=N–C) groups is 1. The Kier molecular flexibility index (Phi) is 23.7. The number of rotatable bonds is 19. The van der Waals surface area contributed by atoms with Crippen molar-refractivity contribution < 1.29 is 57.8 Å². The van der Waals surface area contributed by atoms with Crippen LogP contribution >= 0.6 is 21.6 Å². The highest BCUT2D eigenvalue weighted by Gasteiger charge is 2.40. The quantitative estimate of drug-likeness (QED) is 0.0274. The van der Waals surface area contributed by atoms with Crippen molar-refractivity contribution in [2.45, 2.75) is 107 Å². The predicted octanol–water partition coefficient (Wildman–Crippen LogP) is -4.34. The molecule has 0 spiro atoms. The number of phenolic OH excluding ortho intramolecular Hbond substituents is 1. The number of aromatic hydroxyl groups is 1. The zero-order valence-electron chi connectivity index (χ0n) is 40.4. The smallest absolute Gasteiger partial charge is 0.246 e. The van der Waals surface area contributed by atoms with Gasteiger partial charge >= 0.3 is 0 Å². The number of carbonyl (C=O) groups is 11. The summed E-state index contributed by atoms with van der Waals surface area (Å²) in [5.74, 6) is -9.75. The molecule has 7 atom stereocenters. The Balaban J connectivity index is 1.68. The summed E-state index contributed by atoms with van der Waals surface area (Å²) < 4.78 is 0. The lowest BCUT2D eigenvalue weighted by Gasteiger charge is -2.31. The fourth-order valence-corrected chi connectivity index (χ4v) is 9.93. The second-order valence-corrected chi connectivity index (χ2v) is 20.0. The number of benzene rings is 2. The monoisotopic (exact) mass is 1070 g/mol. The topological polar surface area (TPSA) is 438 Å². The number of hydrogen-bond acceptors (Lipinski definition) is 15. The molecule has 402 valence electrons. The average molecular weight is 1070 g/mol. The van der Waals surface area contributed by atoms with Crippen molar-refractivity contribution in [1.29, 1.82) is 0 Å². The molecule has 0 bridgehead atoms. The lowest BCUT2D eigenvalue weighted by molar-refractivity contribution is -0.142. The van der Waals surface area contributed by atoms with Crippen LogP contribution in [-0.4, -0.2) is 154 Å². The van der Waals surface area contributed by atoms with E-state index in [4.69, 9.17) is 28.7 Å². The van der Waals surface area contributed by atoms with E-state index in [9.17, 15) is 57.8 Å². The van der Waals surface area contributed by atoms with Crippen molar-refractivity contribution in [2.24, 2.45) is 33.7 Å². The molecule has 74 heavy (non-hydrogen) atoms. The Bertz CT molecular complexity index is 2380. The highest BCUT2D eigenvalue weighted by Crippen LogP contribution is 2.26. The number of hydrogen-bond donors (Lipinski definition) is 13. The van der Waals surface area contributed by atoms with E-state index in [2.05, 4.69) is 42.2 Å². The highest BCUT2D eigenvalue weighted by molar-refractivity contribution is 8.76. The third-order valence-corrected chi connectivity index (χ3v) is 13.9. The average Bonchev–Trinajstić information content (AvgIpc) is 3.85. The molecule has 28 heteroatoms. The van der Waals surface area contributed by atoms with Crippen LogP contribution in [0.15, 0.2) is 59.6 Å². The van der Waals surface area contributed by atoms with E-state index in [1.54, 1.807) is 42.5 Å². The SMILES string of the molecule is NC(=O)CCC1NC(=O)C(Cc2ccccc2)NC(=O)[C@H](Cc2ccc(O)cc2)NC(=O)CCSSC[C@@H](C(=O)N2CCC[C@H]2C(=O)NC(CCCN=C(N)N)C(=O)NCC(N)=O)NC(=O)[C@H](CC(N)=O)NC1=O. The maximum Gasteiger partial charge on any atom is 0.246 e. The minimum atomic E-state index is -1.77. The molecule has 0 radical (unpaired) electrons. The number of carbonyl (C=O) groups excluding carboxylic acids is 11. The Morgan fingerprint density at radius 2 is 1.34 bits per heavy atom. The Labute approximate surface area is 433 Å². The summed E-state index contributed by atoms with van der Waals surface area (Å²) in [6, 6.07) is 4.52. The molecule has 2 heterocycles. The number of nitrogens with zero attached hydrogens (tertiary/aromatic N) is 2. The van der Waals surface area contributed by atoms with Crippen molar-refractivity contribution in [2.75, 3.05) is 31.1 Å². The molecule has 2 fully saturated rings. The van der Waals surface area contributed by atoms with E-state index in [-0.39, 0.29) is 74.8 Å². The predicted molar refractivity (Wildman–Crippen MR) is 272 cm³/mol. The number of guanidine groups is 1. The molecule has 4 rings (SSSR count). The van der Waals surface area contributed by atoms with Gasteiger partial charge in [-0.3, -0.25) is 57.7 Å². The molecule has 2 saturated heterocycles. The van der Waals surface area contributed by atoms with Gasteiger partial charge in [-0.05, 0) is 55.4 Å². The molecule has 11 amide bonds. The van der Waals surface area contributed by atoms with E-state index >= 15 is 0 Å². The highest BCUT2D eigenvalue weighted by atomic mass is 33.1. The fourth-order valence-electron chi connectivity index (χ4n) is 7.78. The summed E-state index contributed by atoms with van der Waals surface area (Å²) in [6.45, 7) is -0.402. The van der Waals surface area contributed by atoms with Gasteiger partial charge < -0.3 is 75.9 Å². The zero-order chi connectivity index (χ0) is 54.3. The lowest BCUT2D eigenvalue weighted by Crippen LogP contribution is -2.61. The van der Waals surface area contributed by atoms with Crippen LogP contribution in [0.4, 0.5) is 0 Å². The molecule has 2 aromatic carbocycles. The van der Waals surface area contributed by atoms with Gasteiger partial charge in [0.25, 0.3) is 0 Å². The molecule has 2 aliphatic heterocycles.